The molecule has 0 saturated carbocycles. The third kappa shape index (κ3) is 1.69. The molecule has 0 radical (unpaired) electrons. The Morgan fingerprint density at radius 2 is 1.79 bits per heavy atom. The van der Waals surface area contributed by atoms with E-state index in [2.05, 4.69) is 13.8 Å². The summed E-state index contributed by atoms with van der Waals surface area (Å²) in [5, 5.41) is 0.690. The lowest BCUT2D eigenvalue weighted by atomic mass is 9.86. The van der Waals surface area contributed by atoms with Gasteiger partial charge in [-0.3, -0.25) is 0 Å². The number of allylic oxidation sites excluding steroid dienone is 2. The largest absolute Gasteiger partial charge is 0.497 e. The highest BCUT2D eigenvalue weighted by Crippen LogP contribution is 2.37. The van der Waals surface area contributed by atoms with Crippen LogP contribution in [0.3, 0.4) is 0 Å². The minimum absolute atomic E-state index is 0.0591. The van der Waals surface area contributed by atoms with Crippen LogP contribution in [0.4, 0.5) is 0 Å². The van der Waals surface area contributed by atoms with Gasteiger partial charge in [-0.25, -0.2) is 0 Å². The van der Waals surface area contributed by atoms with E-state index in [0.717, 1.165) is 11.3 Å². The molecule has 0 spiro atoms. The maximum absolute atomic E-state index is 6.18. The van der Waals surface area contributed by atoms with E-state index in [1.54, 1.807) is 14.2 Å². The summed E-state index contributed by atoms with van der Waals surface area (Å²) < 4.78 is 10.7. The lowest BCUT2D eigenvalue weighted by molar-refractivity contribution is 0.0490. The number of halogens is 1. The van der Waals surface area contributed by atoms with E-state index in [4.69, 9.17) is 21.1 Å². The van der Waals surface area contributed by atoms with Crippen molar-refractivity contribution in [2.24, 2.45) is 5.92 Å². The molecule has 0 fully saturated rings. The minimum Gasteiger partial charge on any atom is -0.497 e. The van der Waals surface area contributed by atoms with Crippen LogP contribution < -0.4 is 0 Å². The maximum Gasteiger partial charge on any atom is 0.144 e. The Kier molecular flexibility index (Phi) is 3.62. The Labute approximate surface area is 90.5 Å². The summed E-state index contributed by atoms with van der Waals surface area (Å²) in [6, 6.07) is 0. The van der Waals surface area contributed by atoms with Crippen LogP contribution >= 0.6 is 11.6 Å². The molecule has 2 atom stereocenters. The first kappa shape index (κ1) is 11.6. The summed E-state index contributed by atoms with van der Waals surface area (Å²) in [5.41, 5.74) is 2.37. The molecule has 0 aliphatic heterocycles. The SMILES string of the molecule is COC1=C(Cl)C(C)=C(C)[C@@H](C)C1OC. The molecule has 0 aromatic carbocycles. The van der Waals surface area contributed by atoms with Crippen molar-refractivity contribution in [3.8, 4) is 0 Å². The van der Waals surface area contributed by atoms with Gasteiger partial charge in [0, 0.05) is 13.0 Å². The van der Waals surface area contributed by atoms with E-state index < -0.39 is 0 Å². The molecular weight excluding hydrogens is 200 g/mol. The van der Waals surface area contributed by atoms with Crippen molar-refractivity contribution >= 4 is 11.6 Å². The van der Waals surface area contributed by atoms with Gasteiger partial charge in [0.1, 0.15) is 11.9 Å². The molecule has 1 rings (SSSR count). The number of ether oxygens (including phenoxy) is 2. The molecular formula is C11H17ClO2. The van der Waals surface area contributed by atoms with Crippen molar-refractivity contribution in [3.05, 3.63) is 21.9 Å². The zero-order valence-electron chi connectivity index (χ0n) is 9.35. The molecule has 80 valence electrons. The molecule has 1 unspecified atom stereocenters. The van der Waals surface area contributed by atoms with E-state index in [9.17, 15) is 0 Å². The molecule has 0 aromatic rings. The highest BCUT2D eigenvalue weighted by atomic mass is 35.5. The van der Waals surface area contributed by atoms with Gasteiger partial charge in [-0.15, -0.1) is 0 Å². The van der Waals surface area contributed by atoms with Gasteiger partial charge >= 0.3 is 0 Å². The first-order valence-electron chi connectivity index (χ1n) is 4.68. The summed E-state index contributed by atoms with van der Waals surface area (Å²) in [7, 11) is 3.31. The average molecular weight is 217 g/mol. The summed E-state index contributed by atoms with van der Waals surface area (Å²) >= 11 is 6.18. The van der Waals surface area contributed by atoms with E-state index in [1.807, 2.05) is 6.92 Å². The number of rotatable bonds is 2. The smallest absolute Gasteiger partial charge is 0.144 e. The van der Waals surface area contributed by atoms with Gasteiger partial charge in [0.25, 0.3) is 0 Å². The molecule has 0 aromatic heterocycles. The fourth-order valence-corrected chi connectivity index (χ4v) is 2.13. The summed E-state index contributed by atoms with van der Waals surface area (Å²) in [4.78, 5) is 0. The van der Waals surface area contributed by atoms with Crippen LogP contribution in [0.1, 0.15) is 20.8 Å². The summed E-state index contributed by atoms with van der Waals surface area (Å²) in [5.74, 6) is 1.06. The Bertz CT molecular complexity index is 292. The van der Waals surface area contributed by atoms with Gasteiger partial charge in [-0.1, -0.05) is 24.1 Å². The quantitative estimate of drug-likeness (QED) is 0.706. The Hall–Kier alpha value is -0.470. The molecule has 0 amide bonds. The highest BCUT2D eigenvalue weighted by molar-refractivity contribution is 6.32. The number of hydrogen-bond donors (Lipinski definition) is 0. The zero-order valence-corrected chi connectivity index (χ0v) is 10.1. The Balaban J connectivity index is 3.19. The van der Waals surface area contributed by atoms with Crippen LogP contribution in [0.25, 0.3) is 0 Å². The second-order valence-electron chi connectivity index (χ2n) is 3.64. The van der Waals surface area contributed by atoms with Crippen molar-refractivity contribution in [1.82, 2.24) is 0 Å². The van der Waals surface area contributed by atoms with Crippen molar-refractivity contribution in [1.29, 1.82) is 0 Å². The van der Waals surface area contributed by atoms with Crippen molar-refractivity contribution < 1.29 is 9.47 Å². The topological polar surface area (TPSA) is 18.5 Å². The van der Waals surface area contributed by atoms with Crippen LogP contribution in [0.15, 0.2) is 21.9 Å². The van der Waals surface area contributed by atoms with Gasteiger partial charge in [-0.2, -0.15) is 0 Å². The van der Waals surface area contributed by atoms with E-state index in [1.165, 1.54) is 5.57 Å². The standard InChI is InChI=1S/C11H17ClO2/c1-6-7(2)9(12)11(14-5)10(13-4)8(6)3/h8,10H,1-5H3/t8-,10?/m1/s1. The molecule has 0 N–H and O–H groups in total. The summed E-state index contributed by atoms with van der Waals surface area (Å²) in [6.07, 6.45) is -0.0591. The third-order valence-corrected chi connectivity index (χ3v) is 3.48. The van der Waals surface area contributed by atoms with Crippen LogP contribution in [0.5, 0.6) is 0 Å². The van der Waals surface area contributed by atoms with Gasteiger partial charge in [0.15, 0.2) is 0 Å². The van der Waals surface area contributed by atoms with E-state index in [-0.39, 0.29) is 6.10 Å². The zero-order chi connectivity index (χ0) is 10.9. The molecule has 0 heterocycles. The predicted octanol–water partition coefficient (Wildman–Crippen LogP) is 3.08. The Morgan fingerprint density at radius 1 is 1.21 bits per heavy atom. The van der Waals surface area contributed by atoms with Gasteiger partial charge in [-0.05, 0) is 19.4 Å². The predicted molar refractivity (Wildman–Crippen MR) is 58.2 cm³/mol. The highest BCUT2D eigenvalue weighted by Gasteiger charge is 2.31. The monoisotopic (exact) mass is 216 g/mol. The van der Waals surface area contributed by atoms with Crippen LogP contribution in [-0.4, -0.2) is 20.3 Å². The Morgan fingerprint density at radius 3 is 2.21 bits per heavy atom. The van der Waals surface area contributed by atoms with Gasteiger partial charge in [0.2, 0.25) is 0 Å². The first-order valence-corrected chi connectivity index (χ1v) is 5.06. The maximum atomic E-state index is 6.18. The first-order chi connectivity index (χ1) is 6.54. The summed E-state index contributed by atoms with van der Waals surface area (Å²) in [6.45, 7) is 6.22. The molecule has 0 bridgehead atoms. The fraction of sp³-hybridized carbons (Fsp3) is 0.636. The number of methoxy groups -OCH3 is 2. The third-order valence-electron chi connectivity index (χ3n) is 3.01. The average Bonchev–Trinajstić information content (AvgIpc) is 2.20. The molecule has 3 heteroatoms. The molecule has 2 nitrogen and oxygen atoms in total. The van der Waals surface area contributed by atoms with Crippen LogP contribution in [0, 0.1) is 5.92 Å². The van der Waals surface area contributed by atoms with E-state index in [0.29, 0.717) is 11.0 Å². The van der Waals surface area contributed by atoms with Crippen LogP contribution in [-0.2, 0) is 9.47 Å². The second-order valence-corrected chi connectivity index (χ2v) is 4.01. The molecule has 14 heavy (non-hydrogen) atoms. The van der Waals surface area contributed by atoms with Crippen molar-refractivity contribution in [2.75, 3.05) is 14.2 Å². The van der Waals surface area contributed by atoms with Crippen LogP contribution in [0.2, 0.25) is 0 Å². The number of hydrogen-bond acceptors (Lipinski definition) is 2. The molecule has 0 saturated heterocycles. The second kappa shape index (κ2) is 4.37. The lowest BCUT2D eigenvalue weighted by Gasteiger charge is -2.31. The molecule has 1 aliphatic carbocycles. The lowest BCUT2D eigenvalue weighted by Crippen LogP contribution is -2.29. The van der Waals surface area contributed by atoms with E-state index >= 15 is 0 Å². The van der Waals surface area contributed by atoms with Crippen molar-refractivity contribution in [3.63, 3.8) is 0 Å². The normalized spacial score (nSPS) is 28.4. The van der Waals surface area contributed by atoms with Gasteiger partial charge < -0.3 is 9.47 Å². The van der Waals surface area contributed by atoms with Crippen molar-refractivity contribution in [2.45, 2.75) is 26.9 Å². The molecule has 1 aliphatic rings. The fourth-order valence-electron chi connectivity index (χ4n) is 1.80. The van der Waals surface area contributed by atoms with Gasteiger partial charge in [0.05, 0.1) is 12.1 Å². The minimum atomic E-state index is -0.0591.